The number of halogens is 3. The fraction of sp³-hybridized carbons (Fsp3) is 1.00. The summed E-state index contributed by atoms with van der Waals surface area (Å²) in [5.41, 5.74) is -0.662. The van der Waals surface area contributed by atoms with Crippen LogP contribution in [0.1, 0.15) is 40.5 Å². The van der Waals surface area contributed by atoms with Crippen LogP contribution < -0.4 is 5.32 Å². The molecule has 1 saturated heterocycles. The van der Waals surface area contributed by atoms with E-state index in [2.05, 4.69) is 5.32 Å². The maximum atomic E-state index is 12.2. The minimum Gasteiger partial charge on any atom is -0.403 e. The molecule has 2 atom stereocenters. The zero-order valence-electron chi connectivity index (χ0n) is 13.0. The standard InChI is InChI=1S/C14H23BF3NO2/c1-12(2)13(3,4)21-15(20-12)11-9-5-8(6-10(9)11)19-7-14(16,17)18/h8-11,19H,5-7H2,1-4H3. The summed E-state index contributed by atoms with van der Waals surface area (Å²) in [6.07, 6.45) is -2.52. The van der Waals surface area contributed by atoms with Crippen LogP contribution in [-0.2, 0) is 9.31 Å². The van der Waals surface area contributed by atoms with Gasteiger partial charge < -0.3 is 14.6 Å². The molecular weight excluding hydrogens is 282 g/mol. The quantitative estimate of drug-likeness (QED) is 0.813. The first-order chi connectivity index (χ1) is 9.50. The van der Waals surface area contributed by atoms with E-state index in [9.17, 15) is 13.2 Å². The highest BCUT2D eigenvalue weighted by Gasteiger charge is 2.67. The maximum Gasteiger partial charge on any atom is 0.461 e. The number of hydrogen-bond acceptors (Lipinski definition) is 3. The highest BCUT2D eigenvalue weighted by molar-refractivity contribution is 6.49. The lowest BCUT2D eigenvalue weighted by atomic mass is 9.77. The predicted molar refractivity (Wildman–Crippen MR) is 73.9 cm³/mol. The van der Waals surface area contributed by atoms with E-state index in [0.717, 1.165) is 12.8 Å². The number of hydrogen-bond donors (Lipinski definition) is 1. The Balaban J connectivity index is 1.50. The summed E-state index contributed by atoms with van der Waals surface area (Å²) in [6, 6.07) is -0.0136. The van der Waals surface area contributed by atoms with Crippen LogP contribution in [0.15, 0.2) is 0 Å². The Hall–Kier alpha value is -0.265. The van der Waals surface area contributed by atoms with Crippen LogP contribution >= 0.6 is 0 Å². The molecule has 2 unspecified atom stereocenters. The summed E-state index contributed by atoms with van der Waals surface area (Å²) in [5.74, 6) is 1.26. The largest absolute Gasteiger partial charge is 0.461 e. The molecule has 21 heavy (non-hydrogen) atoms. The zero-order chi connectivity index (χ0) is 15.6. The Morgan fingerprint density at radius 1 is 1.05 bits per heavy atom. The van der Waals surface area contributed by atoms with E-state index in [-0.39, 0.29) is 24.4 Å². The van der Waals surface area contributed by atoms with Gasteiger partial charge in [0.2, 0.25) is 0 Å². The van der Waals surface area contributed by atoms with Crippen LogP contribution in [-0.4, -0.2) is 37.1 Å². The first kappa shape index (κ1) is 15.6. The van der Waals surface area contributed by atoms with Crippen LogP contribution in [0.25, 0.3) is 0 Å². The molecule has 0 radical (unpaired) electrons. The first-order valence-corrected chi connectivity index (χ1v) is 7.66. The fourth-order valence-electron chi connectivity index (χ4n) is 3.77. The molecule has 3 aliphatic rings. The molecule has 1 N–H and O–H groups in total. The molecule has 1 heterocycles. The zero-order valence-corrected chi connectivity index (χ0v) is 13.0. The summed E-state index contributed by atoms with van der Waals surface area (Å²) in [5, 5.41) is 2.62. The van der Waals surface area contributed by atoms with Gasteiger partial charge in [0, 0.05) is 11.9 Å². The lowest BCUT2D eigenvalue weighted by Crippen LogP contribution is -2.41. The van der Waals surface area contributed by atoms with Gasteiger partial charge in [0.1, 0.15) is 0 Å². The SMILES string of the molecule is CC1(C)OB(C2C3CC(NCC(F)(F)F)CC32)OC1(C)C. The minimum atomic E-state index is -4.13. The molecule has 3 fully saturated rings. The van der Waals surface area contributed by atoms with E-state index in [1.165, 1.54) is 0 Å². The summed E-state index contributed by atoms with van der Waals surface area (Å²) in [6.45, 7) is 7.22. The molecule has 0 aromatic carbocycles. The maximum absolute atomic E-state index is 12.2. The molecule has 2 saturated carbocycles. The second kappa shape index (κ2) is 4.62. The van der Waals surface area contributed by atoms with E-state index < -0.39 is 12.7 Å². The molecule has 0 amide bonds. The van der Waals surface area contributed by atoms with Gasteiger partial charge in [-0.25, -0.2) is 0 Å². The second-order valence-electron chi connectivity index (χ2n) is 7.69. The van der Waals surface area contributed by atoms with Crippen molar-refractivity contribution in [2.24, 2.45) is 11.8 Å². The van der Waals surface area contributed by atoms with Crippen LogP contribution in [0, 0.1) is 11.8 Å². The Morgan fingerprint density at radius 2 is 1.52 bits per heavy atom. The summed E-state index contributed by atoms with van der Waals surface area (Å²) in [4.78, 5) is 0. The van der Waals surface area contributed by atoms with E-state index >= 15 is 0 Å². The molecule has 0 spiro atoms. The average Bonchev–Trinajstić information content (AvgIpc) is 2.69. The van der Waals surface area contributed by atoms with Crippen molar-refractivity contribution in [1.29, 1.82) is 0 Å². The van der Waals surface area contributed by atoms with E-state index in [1.807, 2.05) is 27.7 Å². The predicted octanol–water partition coefficient (Wildman–Crippen LogP) is 3.01. The van der Waals surface area contributed by atoms with Crippen LogP contribution in [0.4, 0.5) is 13.2 Å². The van der Waals surface area contributed by atoms with Gasteiger partial charge in [0.15, 0.2) is 0 Å². The van der Waals surface area contributed by atoms with Gasteiger partial charge in [0.05, 0.1) is 17.7 Å². The lowest BCUT2D eigenvalue weighted by Gasteiger charge is -2.32. The molecule has 3 rings (SSSR count). The van der Waals surface area contributed by atoms with Crippen molar-refractivity contribution in [2.45, 2.75) is 69.8 Å². The normalized spacial score (nSPS) is 40.4. The topological polar surface area (TPSA) is 30.5 Å². The number of fused-ring (bicyclic) bond motifs is 1. The minimum absolute atomic E-state index is 0.0136. The van der Waals surface area contributed by atoms with Gasteiger partial charge in [-0.15, -0.1) is 0 Å². The number of rotatable bonds is 3. The number of nitrogens with one attached hydrogen (secondary N) is 1. The Kier molecular flexibility index (Phi) is 3.43. The third kappa shape index (κ3) is 2.84. The summed E-state index contributed by atoms with van der Waals surface area (Å²) in [7, 11) is -0.200. The van der Waals surface area contributed by atoms with Crippen LogP contribution in [0.3, 0.4) is 0 Å². The highest BCUT2D eigenvalue weighted by Crippen LogP contribution is 2.65. The molecule has 0 aromatic rings. The highest BCUT2D eigenvalue weighted by atomic mass is 19.4. The molecular formula is C14H23BF3NO2. The van der Waals surface area contributed by atoms with E-state index in [1.54, 1.807) is 0 Å². The Bertz CT molecular complexity index is 399. The van der Waals surface area contributed by atoms with Crippen LogP contribution in [0.2, 0.25) is 5.82 Å². The lowest BCUT2D eigenvalue weighted by molar-refractivity contribution is -0.126. The van der Waals surface area contributed by atoms with Crippen molar-refractivity contribution < 1.29 is 22.5 Å². The van der Waals surface area contributed by atoms with Crippen LogP contribution in [0.5, 0.6) is 0 Å². The number of alkyl halides is 3. The van der Waals surface area contributed by atoms with E-state index in [0.29, 0.717) is 17.7 Å². The van der Waals surface area contributed by atoms with Crippen molar-refractivity contribution in [3.8, 4) is 0 Å². The Labute approximate surface area is 124 Å². The molecule has 0 bridgehead atoms. The Morgan fingerprint density at radius 3 is 1.95 bits per heavy atom. The van der Waals surface area contributed by atoms with Crippen molar-refractivity contribution in [1.82, 2.24) is 5.32 Å². The van der Waals surface area contributed by atoms with Crippen molar-refractivity contribution >= 4 is 7.12 Å². The molecule has 7 heteroatoms. The van der Waals surface area contributed by atoms with Gasteiger partial charge in [-0.2, -0.15) is 13.2 Å². The molecule has 0 aromatic heterocycles. The van der Waals surface area contributed by atoms with Crippen molar-refractivity contribution in [3.05, 3.63) is 0 Å². The molecule has 120 valence electrons. The summed E-state index contributed by atoms with van der Waals surface area (Å²) >= 11 is 0. The average molecular weight is 305 g/mol. The van der Waals surface area contributed by atoms with E-state index in [4.69, 9.17) is 9.31 Å². The van der Waals surface area contributed by atoms with Gasteiger partial charge in [-0.05, 0) is 52.4 Å². The fourth-order valence-corrected chi connectivity index (χ4v) is 3.77. The van der Waals surface area contributed by atoms with Gasteiger partial charge in [-0.1, -0.05) is 0 Å². The second-order valence-corrected chi connectivity index (χ2v) is 7.69. The summed E-state index contributed by atoms with van der Waals surface area (Å²) < 4.78 is 48.7. The third-order valence-corrected chi connectivity index (χ3v) is 5.69. The first-order valence-electron chi connectivity index (χ1n) is 7.66. The van der Waals surface area contributed by atoms with Gasteiger partial charge in [0.25, 0.3) is 0 Å². The molecule has 1 aliphatic heterocycles. The van der Waals surface area contributed by atoms with Crippen molar-refractivity contribution in [3.63, 3.8) is 0 Å². The monoisotopic (exact) mass is 305 g/mol. The molecule has 3 nitrogen and oxygen atoms in total. The smallest absolute Gasteiger partial charge is 0.403 e. The molecule has 2 aliphatic carbocycles. The van der Waals surface area contributed by atoms with Gasteiger partial charge in [-0.3, -0.25) is 0 Å². The van der Waals surface area contributed by atoms with Crippen molar-refractivity contribution in [2.75, 3.05) is 6.54 Å². The van der Waals surface area contributed by atoms with Gasteiger partial charge >= 0.3 is 13.3 Å². The third-order valence-electron chi connectivity index (χ3n) is 5.69.